The molecule has 0 heterocycles. The zero-order valence-electron chi connectivity index (χ0n) is 13.8. The van der Waals surface area contributed by atoms with E-state index < -0.39 is 0 Å². The lowest BCUT2D eigenvalue weighted by molar-refractivity contribution is -0.122. The van der Waals surface area contributed by atoms with Crippen molar-refractivity contribution in [2.75, 3.05) is 33.7 Å². The van der Waals surface area contributed by atoms with Crippen LogP contribution in [0.3, 0.4) is 0 Å². The topological polar surface area (TPSA) is 35.6 Å². The average molecular weight is 291 g/mol. The van der Waals surface area contributed by atoms with Gasteiger partial charge in [-0.2, -0.15) is 0 Å². The quantitative estimate of drug-likeness (QED) is 0.707. The molecule has 4 nitrogen and oxygen atoms in total. The Morgan fingerprint density at radius 2 is 1.86 bits per heavy atom. The second-order valence-electron chi connectivity index (χ2n) is 5.99. The zero-order chi connectivity index (χ0) is 15.7. The molecule has 0 atom stereocenters. The molecule has 0 aliphatic rings. The highest BCUT2D eigenvalue weighted by Gasteiger charge is 2.14. The van der Waals surface area contributed by atoms with E-state index in [1.54, 1.807) is 0 Å². The number of hydrogen-bond donors (Lipinski definition) is 1. The maximum Gasteiger partial charge on any atom is 0.234 e. The zero-order valence-corrected chi connectivity index (χ0v) is 13.8. The summed E-state index contributed by atoms with van der Waals surface area (Å²) in [7, 11) is 4.09. The minimum absolute atomic E-state index is 0.110. The standard InChI is InChI=1S/C17H29N3O/c1-15(2)20(13-16-9-6-5-7-10-16)14-17(21)18-11-8-12-19(3)4/h5-7,9-10,15H,8,11-14H2,1-4H3,(H,18,21). The first kappa shape index (κ1) is 17.7. The van der Waals surface area contributed by atoms with Crippen molar-refractivity contribution in [2.45, 2.75) is 32.9 Å². The molecule has 0 saturated carbocycles. The van der Waals surface area contributed by atoms with E-state index in [9.17, 15) is 4.79 Å². The third-order valence-corrected chi connectivity index (χ3v) is 3.41. The van der Waals surface area contributed by atoms with Gasteiger partial charge in [-0.15, -0.1) is 0 Å². The second-order valence-corrected chi connectivity index (χ2v) is 5.99. The van der Waals surface area contributed by atoms with Crippen molar-refractivity contribution >= 4 is 5.91 Å². The molecule has 0 bridgehead atoms. The van der Waals surface area contributed by atoms with Crippen LogP contribution in [0.15, 0.2) is 30.3 Å². The van der Waals surface area contributed by atoms with Crippen LogP contribution in [0, 0.1) is 0 Å². The van der Waals surface area contributed by atoms with E-state index in [-0.39, 0.29) is 5.91 Å². The molecule has 0 saturated heterocycles. The first-order valence-corrected chi connectivity index (χ1v) is 7.68. The molecular weight excluding hydrogens is 262 g/mol. The van der Waals surface area contributed by atoms with E-state index in [1.165, 1.54) is 5.56 Å². The van der Waals surface area contributed by atoms with E-state index in [0.717, 1.165) is 26.1 Å². The molecule has 0 aliphatic heterocycles. The maximum atomic E-state index is 12.0. The van der Waals surface area contributed by atoms with Gasteiger partial charge in [0.05, 0.1) is 6.54 Å². The number of nitrogens with zero attached hydrogens (tertiary/aromatic N) is 2. The van der Waals surface area contributed by atoms with Gasteiger partial charge in [-0.1, -0.05) is 30.3 Å². The highest BCUT2D eigenvalue weighted by Crippen LogP contribution is 2.07. The van der Waals surface area contributed by atoms with Crippen LogP contribution in [0.4, 0.5) is 0 Å². The van der Waals surface area contributed by atoms with Crippen molar-refractivity contribution in [3.8, 4) is 0 Å². The SMILES string of the molecule is CC(C)N(CC(=O)NCCCN(C)C)Cc1ccccc1. The molecule has 1 aromatic carbocycles. The predicted octanol–water partition coefficient (Wildman–Crippen LogP) is 1.96. The fraction of sp³-hybridized carbons (Fsp3) is 0.588. The van der Waals surface area contributed by atoms with Crippen LogP contribution in [-0.4, -0.2) is 55.5 Å². The first-order chi connectivity index (χ1) is 9.99. The summed E-state index contributed by atoms with van der Waals surface area (Å²) in [4.78, 5) is 16.3. The van der Waals surface area contributed by atoms with Crippen LogP contribution in [0.2, 0.25) is 0 Å². The summed E-state index contributed by atoms with van der Waals surface area (Å²) in [5.41, 5.74) is 1.24. The van der Waals surface area contributed by atoms with Gasteiger partial charge in [-0.25, -0.2) is 0 Å². The van der Waals surface area contributed by atoms with Crippen LogP contribution in [0.5, 0.6) is 0 Å². The van der Waals surface area contributed by atoms with Gasteiger partial charge < -0.3 is 10.2 Å². The van der Waals surface area contributed by atoms with Gasteiger partial charge in [-0.3, -0.25) is 9.69 Å². The smallest absolute Gasteiger partial charge is 0.234 e. The van der Waals surface area contributed by atoms with Crippen molar-refractivity contribution in [3.63, 3.8) is 0 Å². The molecule has 0 aromatic heterocycles. The Morgan fingerprint density at radius 3 is 2.43 bits per heavy atom. The fourth-order valence-electron chi connectivity index (χ4n) is 2.10. The minimum atomic E-state index is 0.110. The molecule has 0 aliphatic carbocycles. The van der Waals surface area contributed by atoms with Crippen LogP contribution >= 0.6 is 0 Å². The monoisotopic (exact) mass is 291 g/mol. The molecular formula is C17H29N3O. The van der Waals surface area contributed by atoms with Crippen LogP contribution in [-0.2, 0) is 11.3 Å². The third kappa shape index (κ3) is 7.83. The summed E-state index contributed by atoms with van der Waals surface area (Å²) >= 11 is 0. The molecule has 0 unspecified atom stereocenters. The number of benzene rings is 1. The average Bonchev–Trinajstić information content (AvgIpc) is 2.44. The lowest BCUT2D eigenvalue weighted by atomic mass is 10.2. The van der Waals surface area contributed by atoms with E-state index >= 15 is 0 Å². The molecule has 0 fully saturated rings. The summed E-state index contributed by atoms with van der Waals surface area (Å²) in [5.74, 6) is 0.110. The maximum absolute atomic E-state index is 12.0. The van der Waals surface area contributed by atoms with E-state index in [4.69, 9.17) is 0 Å². The normalized spacial score (nSPS) is 11.4. The molecule has 1 N–H and O–H groups in total. The lowest BCUT2D eigenvalue weighted by Gasteiger charge is -2.26. The van der Waals surface area contributed by atoms with Gasteiger partial charge in [0.25, 0.3) is 0 Å². The number of carbonyl (C=O) groups is 1. The molecule has 0 spiro atoms. The number of hydrogen-bond acceptors (Lipinski definition) is 3. The molecule has 1 aromatic rings. The summed E-state index contributed by atoms with van der Waals surface area (Å²) in [6, 6.07) is 10.6. The van der Waals surface area contributed by atoms with E-state index in [2.05, 4.69) is 41.1 Å². The van der Waals surface area contributed by atoms with Crippen molar-refractivity contribution in [1.29, 1.82) is 0 Å². The highest BCUT2D eigenvalue weighted by atomic mass is 16.2. The fourth-order valence-corrected chi connectivity index (χ4v) is 2.10. The van der Waals surface area contributed by atoms with Crippen molar-refractivity contribution in [2.24, 2.45) is 0 Å². The summed E-state index contributed by atoms with van der Waals surface area (Å²) in [6.45, 7) is 7.26. The third-order valence-electron chi connectivity index (χ3n) is 3.41. The van der Waals surface area contributed by atoms with Crippen molar-refractivity contribution in [3.05, 3.63) is 35.9 Å². The van der Waals surface area contributed by atoms with E-state index in [0.29, 0.717) is 12.6 Å². The Hall–Kier alpha value is -1.39. The van der Waals surface area contributed by atoms with Gasteiger partial charge in [0.1, 0.15) is 0 Å². The second kappa shape index (κ2) is 9.53. The van der Waals surface area contributed by atoms with Gasteiger partial charge in [0, 0.05) is 19.1 Å². The Kier molecular flexibility index (Phi) is 8.01. The number of amides is 1. The molecule has 21 heavy (non-hydrogen) atoms. The van der Waals surface area contributed by atoms with Gasteiger partial charge in [-0.05, 0) is 46.5 Å². The van der Waals surface area contributed by atoms with Gasteiger partial charge >= 0.3 is 0 Å². The van der Waals surface area contributed by atoms with E-state index in [1.807, 2.05) is 32.3 Å². The minimum Gasteiger partial charge on any atom is -0.355 e. The van der Waals surface area contributed by atoms with Gasteiger partial charge in [0.15, 0.2) is 0 Å². The first-order valence-electron chi connectivity index (χ1n) is 7.68. The summed E-state index contributed by atoms with van der Waals surface area (Å²) in [5, 5.41) is 3.00. The Morgan fingerprint density at radius 1 is 1.19 bits per heavy atom. The molecule has 0 radical (unpaired) electrons. The van der Waals surface area contributed by atoms with Crippen molar-refractivity contribution < 1.29 is 4.79 Å². The molecule has 1 rings (SSSR count). The Bertz CT molecular complexity index is 404. The van der Waals surface area contributed by atoms with Crippen LogP contribution in [0.1, 0.15) is 25.8 Å². The Balaban J connectivity index is 2.38. The highest BCUT2D eigenvalue weighted by molar-refractivity contribution is 5.78. The number of nitrogens with one attached hydrogen (secondary N) is 1. The summed E-state index contributed by atoms with van der Waals surface area (Å²) < 4.78 is 0. The van der Waals surface area contributed by atoms with Crippen LogP contribution < -0.4 is 5.32 Å². The molecule has 1 amide bonds. The van der Waals surface area contributed by atoms with Crippen molar-refractivity contribution in [1.82, 2.24) is 15.1 Å². The number of rotatable bonds is 9. The molecule has 4 heteroatoms. The van der Waals surface area contributed by atoms with Gasteiger partial charge in [0.2, 0.25) is 5.91 Å². The Labute approximate surface area is 129 Å². The number of carbonyl (C=O) groups excluding carboxylic acids is 1. The van der Waals surface area contributed by atoms with Crippen LogP contribution in [0.25, 0.3) is 0 Å². The largest absolute Gasteiger partial charge is 0.355 e. The predicted molar refractivity (Wildman–Crippen MR) is 88.2 cm³/mol. The summed E-state index contributed by atoms with van der Waals surface area (Å²) in [6.07, 6.45) is 0.985. The molecule has 118 valence electrons. The lowest BCUT2D eigenvalue weighted by Crippen LogP contribution is -2.41.